The van der Waals surface area contributed by atoms with Crippen molar-refractivity contribution in [2.24, 2.45) is 5.73 Å². The summed E-state index contributed by atoms with van der Waals surface area (Å²) in [6.45, 7) is 8.83. The zero-order chi connectivity index (χ0) is 10.6. The predicted molar refractivity (Wildman–Crippen MR) is 61.4 cm³/mol. The maximum atomic E-state index is 5.73. The Morgan fingerprint density at radius 3 is 2.79 bits per heavy atom. The van der Waals surface area contributed by atoms with Gasteiger partial charge in [0.2, 0.25) is 0 Å². The van der Waals surface area contributed by atoms with Crippen LogP contribution in [0.4, 0.5) is 0 Å². The van der Waals surface area contributed by atoms with E-state index in [9.17, 15) is 0 Å². The molecule has 3 heteroatoms. The molecule has 1 saturated heterocycles. The zero-order valence-corrected chi connectivity index (χ0v) is 9.87. The summed E-state index contributed by atoms with van der Waals surface area (Å²) in [5, 5.41) is 0. The summed E-state index contributed by atoms with van der Waals surface area (Å²) < 4.78 is 0. The van der Waals surface area contributed by atoms with Crippen LogP contribution in [-0.2, 0) is 0 Å². The molecule has 0 aromatic heterocycles. The van der Waals surface area contributed by atoms with Gasteiger partial charge in [0.05, 0.1) is 0 Å². The fourth-order valence-corrected chi connectivity index (χ4v) is 2.48. The van der Waals surface area contributed by atoms with Crippen molar-refractivity contribution in [3.8, 4) is 0 Å². The number of nitrogens with two attached hydrogens (primary N) is 1. The van der Waals surface area contributed by atoms with Crippen molar-refractivity contribution < 1.29 is 0 Å². The number of hydrogen-bond donors (Lipinski definition) is 1. The van der Waals surface area contributed by atoms with E-state index in [4.69, 9.17) is 5.73 Å². The molecule has 2 atom stereocenters. The average Bonchev–Trinajstić information content (AvgIpc) is 2.19. The lowest BCUT2D eigenvalue weighted by molar-refractivity contribution is 0.0880. The van der Waals surface area contributed by atoms with E-state index in [1.54, 1.807) is 0 Å². The van der Waals surface area contributed by atoms with Crippen LogP contribution in [-0.4, -0.2) is 55.1 Å². The summed E-state index contributed by atoms with van der Waals surface area (Å²) >= 11 is 0. The minimum atomic E-state index is 0.525. The Labute approximate surface area is 88.2 Å². The molecule has 0 saturated carbocycles. The molecule has 0 aromatic carbocycles. The Balaban J connectivity index is 2.50. The van der Waals surface area contributed by atoms with Gasteiger partial charge in [0.1, 0.15) is 0 Å². The maximum Gasteiger partial charge on any atom is 0.0226 e. The Morgan fingerprint density at radius 2 is 2.29 bits per heavy atom. The summed E-state index contributed by atoms with van der Waals surface area (Å²) in [7, 11) is 2.22. The first kappa shape index (κ1) is 12.0. The lowest BCUT2D eigenvalue weighted by atomic mass is 10.0. The van der Waals surface area contributed by atoms with Crippen LogP contribution in [0.25, 0.3) is 0 Å². The standard InChI is InChI=1S/C11H25N3/c1-4-14(10(2)8-12)11-6-5-7-13(3)9-11/h10-11H,4-9,12H2,1-3H3. The van der Waals surface area contributed by atoms with E-state index in [0.29, 0.717) is 6.04 Å². The van der Waals surface area contributed by atoms with Crippen LogP contribution in [0.2, 0.25) is 0 Å². The van der Waals surface area contributed by atoms with Gasteiger partial charge in [0.25, 0.3) is 0 Å². The highest BCUT2D eigenvalue weighted by atomic mass is 15.2. The second kappa shape index (κ2) is 5.69. The second-order valence-corrected chi connectivity index (χ2v) is 4.47. The molecule has 2 N–H and O–H groups in total. The molecule has 0 aromatic rings. The number of likely N-dealkylation sites (N-methyl/N-ethyl adjacent to an activating group) is 2. The smallest absolute Gasteiger partial charge is 0.0226 e. The van der Waals surface area contributed by atoms with Crippen LogP contribution in [0.15, 0.2) is 0 Å². The molecule has 1 aliphatic rings. The Morgan fingerprint density at radius 1 is 1.57 bits per heavy atom. The van der Waals surface area contributed by atoms with Gasteiger partial charge in [-0.25, -0.2) is 0 Å². The van der Waals surface area contributed by atoms with Crippen LogP contribution in [0.1, 0.15) is 26.7 Å². The topological polar surface area (TPSA) is 32.5 Å². The molecule has 14 heavy (non-hydrogen) atoms. The summed E-state index contributed by atoms with van der Waals surface area (Å²) in [6.07, 6.45) is 2.66. The van der Waals surface area contributed by atoms with E-state index in [0.717, 1.165) is 19.1 Å². The normalized spacial score (nSPS) is 26.8. The van der Waals surface area contributed by atoms with Gasteiger partial charge < -0.3 is 10.6 Å². The third-order valence-corrected chi connectivity index (χ3v) is 3.34. The van der Waals surface area contributed by atoms with E-state index < -0.39 is 0 Å². The molecule has 2 unspecified atom stereocenters. The summed E-state index contributed by atoms with van der Waals surface area (Å²) in [6, 6.07) is 1.24. The Bertz CT molecular complexity index is 161. The largest absolute Gasteiger partial charge is 0.329 e. The fourth-order valence-electron chi connectivity index (χ4n) is 2.48. The van der Waals surface area contributed by atoms with E-state index in [2.05, 4.69) is 30.7 Å². The first-order valence-electron chi connectivity index (χ1n) is 5.83. The van der Waals surface area contributed by atoms with Crippen molar-refractivity contribution in [2.75, 3.05) is 33.2 Å². The van der Waals surface area contributed by atoms with E-state index in [1.807, 2.05) is 0 Å². The summed E-state index contributed by atoms with van der Waals surface area (Å²) in [4.78, 5) is 4.98. The number of likely N-dealkylation sites (tertiary alicyclic amines) is 1. The summed E-state index contributed by atoms with van der Waals surface area (Å²) in [5.41, 5.74) is 5.73. The number of hydrogen-bond acceptors (Lipinski definition) is 3. The molecule has 0 aliphatic carbocycles. The second-order valence-electron chi connectivity index (χ2n) is 4.47. The van der Waals surface area contributed by atoms with Gasteiger partial charge in [-0.1, -0.05) is 6.92 Å². The molecule has 0 bridgehead atoms. The number of piperidine rings is 1. The average molecular weight is 199 g/mol. The van der Waals surface area contributed by atoms with Gasteiger partial charge in [-0.05, 0) is 39.9 Å². The van der Waals surface area contributed by atoms with Gasteiger partial charge >= 0.3 is 0 Å². The molecule has 84 valence electrons. The van der Waals surface area contributed by atoms with Gasteiger partial charge in [0, 0.05) is 25.2 Å². The SMILES string of the molecule is CCN(C(C)CN)C1CCCN(C)C1. The van der Waals surface area contributed by atoms with Crippen molar-refractivity contribution in [2.45, 2.75) is 38.8 Å². The van der Waals surface area contributed by atoms with Gasteiger partial charge in [0.15, 0.2) is 0 Å². The van der Waals surface area contributed by atoms with Crippen LogP contribution in [0.3, 0.4) is 0 Å². The molecule has 3 nitrogen and oxygen atoms in total. The first-order chi connectivity index (χ1) is 6.69. The highest BCUT2D eigenvalue weighted by Crippen LogP contribution is 2.16. The lowest BCUT2D eigenvalue weighted by Crippen LogP contribution is -2.51. The highest BCUT2D eigenvalue weighted by Gasteiger charge is 2.25. The van der Waals surface area contributed by atoms with Crippen molar-refractivity contribution >= 4 is 0 Å². The molecule has 0 spiro atoms. The van der Waals surface area contributed by atoms with E-state index >= 15 is 0 Å². The minimum absolute atomic E-state index is 0.525. The van der Waals surface area contributed by atoms with E-state index in [-0.39, 0.29) is 0 Å². The molecular weight excluding hydrogens is 174 g/mol. The number of rotatable bonds is 4. The third kappa shape index (κ3) is 2.94. The molecule has 1 aliphatic heterocycles. The van der Waals surface area contributed by atoms with Crippen molar-refractivity contribution in [3.63, 3.8) is 0 Å². The van der Waals surface area contributed by atoms with Crippen LogP contribution >= 0.6 is 0 Å². The van der Waals surface area contributed by atoms with Crippen molar-refractivity contribution in [1.82, 2.24) is 9.80 Å². The van der Waals surface area contributed by atoms with Crippen LogP contribution < -0.4 is 5.73 Å². The van der Waals surface area contributed by atoms with Gasteiger partial charge in [-0.2, -0.15) is 0 Å². The van der Waals surface area contributed by atoms with Crippen molar-refractivity contribution in [3.05, 3.63) is 0 Å². The molecule has 0 amide bonds. The summed E-state index contributed by atoms with van der Waals surface area (Å²) in [5.74, 6) is 0. The van der Waals surface area contributed by atoms with Gasteiger partial charge in [-0.3, -0.25) is 4.90 Å². The quantitative estimate of drug-likeness (QED) is 0.725. The highest BCUT2D eigenvalue weighted by molar-refractivity contribution is 4.82. The molecule has 1 fully saturated rings. The third-order valence-electron chi connectivity index (χ3n) is 3.34. The van der Waals surface area contributed by atoms with Crippen LogP contribution in [0, 0.1) is 0 Å². The predicted octanol–water partition coefficient (Wildman–Crippen LogP) is 0.750. The Hall–Kier alpha value is -0.120. The maximum absolute atomic E-state index is 5.73. The molecular formula is C11H25N3. The monoisotopic (exact) mass is 199 g/mol. The van der Waals surface area contributed by atoms with E-state index in [1.165, 1.54) is 25.9 Å². The zero-order valence-electron chi connectivity index (χ0n) is 9.87. The molecule has 0 radical (unpaired) electrons. The molecule has 1 heterocycles. The van der Waals surface area contributed by atoms with Crippen molar-refractivity contribution in [1.29, 1.82) is 0 Å². The van der Waals surface area contributed by atoms with Gasteiger partial charge in [-0.15, -0.1) is 0 Å². The minimum Gasteiger partial charge on any atom is -0.329 e. The van der Waals surface area contributed by atoms with Crippen LogP contribution in [0.5, 0.6) is 0 Å². The lowest BCUT2D eigenvalue weighted by Gasteiger charge is -2.40. The first-order valence-corrected chi connectivity index (χ1v) is 5.83. The fraction of sp³-hybridized carbons (Fsp3) is 1.00. The number of nitrogens with zero attached hydrogens (tertiary/aromatic N) is 2. The Kier molecular flexibility index (Phi) is 4.85. The molecule has 1 rings (SSSR count).